The molecule has 1 atom stereocenters. The van der Waals surface area contributed by atoms with Crippen molar-refractivity contribution in [2.45, 2.75) is 24.9 Å². The zero-order chi connectivity index (χ0) is 14.6. The third-order valence-electron chi connectivity index (χ3n) is 2.38. The molecule has 106 valence electrons. The Morgan fingerprint density at radius 1 is 1.42 bits per heavy atom. The molecule has 1 unspecified atom stereocenters. The van der Waals surface area contributed by atoms with Gasteiger partial charge in [0.25, 0.3) is 5.91 Å². The van der Waals surface area contributed by atoms with Crippen molar-refractivity contribution in [1.82, 2.24) is 5.32 Å². The van der Waals surface area contributed by atoms with Crippen LogP contribution in [0.4, 0.5) is 17.6 Å². The second-order valence-corrected chi connectivity index (χ2v) is 4.74. The van der Waals surface area contributed by atoms with E-state index in [-0.39, 0.29) is 11.9 Å². The van der Waals surface area contributed by atoms with Crippen molar-refractivity contribution in [3.8, 4) is 0 Å². The maximum absolute atomic E-state index is 13.6. The standard InChI is InChI=1S/C12H12ClF4NO/c1-7(13)5-6-18-11(19)8-3-2-4-9(10(8)14)12(15,16)17/h2-4,7H,5-6H2,1H3,(H,18,19). The molecule has 0 heterocycles. The molecule has 1 aromatic carbocycles. The number of benzene rings is 1. The number of carbonyl (C=O) groups excluding carboxylic acids is 1. The Balaban J connectivity index is 2.87. The molecule has 0 aliphatic carbocycles. The Morgan fingerprint density at radius 2 is 2.05 bits per heavy atom. The highest BCUT2D eigenvalue weighted by Crippen LogP contribution is 2.32. The van der Waals surface area contributed by atoms with Crippen LogP contribution >= 0.6 is 11.6 Å². The van der Waals surface area contributed by atoms with Gasteiger partial charge in [-0.3, -0.25) is 4.79 Å². The van der Waals surface area contributed by atoms with Crippen molar-refractivity contribution < 1.29 is 22.4 Å². The lowest BCUT2D eigenvalue weighted by molar-refractivity contribution is -0.140. The molecule has 0 fully saturated rings. The summed E-state index contributed by atoms with van der Waals surface area (Å²) in [4.78, 5) is 11.6. The topological polar surface area (TPSA) is 29.1 Å². The number of carbonyl (C=O) groups is 1. The first kappa shape index (κ1) is 15.8. The van der Waals surface area contributed by atoms with Gasteiger partial charge < -0.3 is 5.32 Å². The first-order valence-corrected chi connectivity index (χ1v) is 5.95. The third-order valence-corrected chi connectivity index (χ3v) is 2.59. The minimum absolute atomic E-state index is 0.166. The first-order valence-electron chi connectivity index (χ1n) is 5.51. The van der Waals surface area contributed by atoms with Gasteiger partial charge in [0.2, 0.25) is 0 Å². The fraction of sp³-hybridized carbons (Fsp3) is 0.417. The van der Waals surface area contributed by atoms with Crippen molar-refractivity contribution in [2.24, 2.45) is 0 Å². The van der Waals surface area contributed by atoms with Gasteiger partial charge in [-0.15, -0.1) is 11.6 Å². The molecule has 1 aromatic rings. The van der Waals surface area contributed by atoms with Crippen LogP contribution in [-0.4, -0.2) is 17.8 Å². The van der Waals surface area contributed by atoms with E-state index >= 15 is 0 Å². The van der Waals surface area contributed by atoms with Crippen molar-refractivity contribution in [3.63, 3.8) is 0 Å². The quantitative estimate of drug-likeness (QED) is 0.668. The predicted octanol–water partition coefficient (Wildman–Crippen LogP) is 3.59. The molecular weight excluding hydrogens is 286 g/mol. The molecule has 0 aliphatic heterocycles. The van der Waals surface area contributed by atoms with Gasteiger partial charge in [0.15, 0.2) is 0 Å². The van der Waals surface area contributed by atoms with Crippen LogP contribution in [-0.2, 0) is 6.18 Å². The van der Waals surface area contributed by atoms with Crippen LogP contribution in [0.2, 0.25) is 0 Å². The van der Waals surface area contributed by atoms with Crippen LogP contribution in [0, 0.1) is 5.82 Å². The van der Waals surface area contributed by atoms with Gasteiger partial charge in [0.05, 0.1) is 11.1 Å². The van der Waals surface area contributed by atoms with Crippen molar-refractivity contribution in [1.29, 1.82) is 0 Å². The van der Waals surface area contributed by atoms with E-state index in [4.69, 9.17) is 11.6 Å². The summed E-state index contributed by atoms with van der Waals surface area (Å²) in [6, 6.07) is 2.59. The monoisotopic (exact) mass is 297 g/mol. The van der Waals surface area contributed by atoms with Crippen molar-refractivity contribution in [3.05, 3.63) is 35.1 Å². The molecule has 0 saturated carbocycles. The number of nitrogens with one attached hydrogen (secondary N) is 1. The van der Waals surface area contributed by atoms with E-state index in [9.17, 15) is 22.4 Å². The van der Waals surface area contributed by atoms with E-state index in [2.05, 4.69) is 5.32 Å². The second kappa shape index (κ2) is 6.23. The Bertz CT molecular complexity index is 460. The summed E-state index contributed by atoms with van der Waals surface area (Å²) in [6.07, 6.45) is -4.39. The molecule has 0 radical (unpaired) electrons. The van der Waals surface area contributed by atoms with Gasteiger partial charge in [0.1, 0.15) is 5.82 Å². The highest BCUT2D eigenvalue weighted by molar-refractivity contribution is 6.20. The molecule has 0 aliphatic rings. The number of hydrogen-bond donors (Lipinski definition) is 1. The minimum atomic E-state index is -4.83. The lowest BCUT2D eigenvalue weighted by Gasteiger charge is -2.11. The molecule has 0 aromatic heterocycles. The summed E-state index contributed by atoms with van der Waals surface area (Å²) < 4.78 is 51.0. The van der Waals surface area contributed by atoms with Crippen LogP contribution < -0.4 is 5.32 Å². The van der Waals surface area contributed by atoms with E-state index in [0.29, 0.717) is 12.5 Å². The first-order chi connectivity index (χ1) is 8.73. The summed E-state index contributed by atoms with van der Waals surface area (Å²) in [5, 5.41) is 2.13. The highest BCUT2D eigenvalue weighted by atomic mass is 35.5. The number of amides is 1. The van der Waals surface area contributed by atoms with E-state index < -0.39 is 29.0 Å². The highest BCUT2D eigenvalue weighted by Gasteiger charge is 2.35. The number of rotatable bonds is 4. The molecule has 1 amide bonds. The van der Waals surface area contributed by atoms with Crippen LogP contribution in [0.3, 0.4) is 0 Å². The SMILES string of the molecule is CC(Cl)CCNC(=O)c1cccc(C(F)(F)F)c1F. The molecule has 1 N–H and O–H groups in total. The zero-order valence-corrected chi connectivity index (χ0v) is 10.8. The number of hydrogen-bond acceptors (Lipinski definition) is 1. The largest absolute Gasteiger partial charge is 0.419 e. The molecule has 2 nitrogen and oxygen atoms in total. The van der Waals surface area contributed by atoms with Crippen LogP contribution in [0.1, 0.15) is 29.3 Å². The smallest absolute Gasteiger partial charge is 0.352 e. The number of halogens is 5. The maximum Gasteiger partial charge on any atom is 0.419 e. The van der Waals surface area contributed by atoms with Crippen LogP contribution in [0.15, 0.2) is 18.2 Å². The Labute approximate surface area is 112 Å². The molecular formula is C12H12ClF4NO. The molecule has 0 saturated heterocycles. The predicted molar refractivity (Wildman–Crippen MR) is 63.7 cm³/mol. The van der Waals surface area contributed by atoms with E-state index in [0.717, 1.165) is 12.1 Å². The summed E-state index contributed by atoms with van der Waals surface area (Å²) in [6.45, 7) is 1.87. The Morgan fingerprint density at radius 3 is 2.58 bits per heavy atom. The normalized spacial score (nSPS) is 13.2. The molecule has 19 heavy (non-hydrogen) atoms. The van der Waals surface area contributed by atoms with Gasteiger partial charge >= 0.3 is 6.18 Å². The average molecular weight is 298 g/mol. The third kappa shape index (κ3) is 4.38. The van der Waals surface area contributed by atoms with Gasteiger partial charge in [-0.25, -0.2) is 4.39 Å². The van der Waals surface area contributed by atoms with Gasteiger partial charge in [0, 0.05) is 11.9 Å². The van der Waals surface area contributed by atoms with Crippen molar-refractivity contribution in [2.75, 3.05) is 6.54 Å². The second-order valence-electron chi connectivity index (χ2n) is 3.99. The van der Waals surface area contributed by atoms with E-state index in [1.54, 1.807) is 6.92 Å². The van der Waals surface area contributed by atoms with Crippen molar-refractivity contribution >= 4 is 17.5 Å². The zero-order valence-electron chi connectivity index (χ0n) is 10.0. The Hall–Kier alpha value is -1.30. The summed E-state index contributed by atoms with van der Waals surface area (Å²) in [5.41, 5.74) is -2.08. The minimum Gasteiger partial charge on any atom is -0.352 e. The summed E-state index contributed by atoms with van der Waals surface area (Å²) in [5.74, 6) is -2.45. The fourth-order valence-corrected chi connectivity index (χ4v) is 1.52. The summed E-state index contributed by atoms with van der Waals surface area (Å²) >= 11 is 5.65. The van der Waals surface area contributed by atoms with E-state index in [1.807, 2.05) is 0 Å². The molecule has 7 heteroatoms. The lowest BCUT2D eigenvalue weighted by atomic mass is 10.1. The molecule has 0 bridgehead atoms. The van der Waals surface area contributed by atoms with Gasteiger partial charge in [-0.2, -0.15) is 13.2 Å². The van der Waals surface area contributed by atoms with Gasteiger partial charge in [-0.1, -0.05) is 6.07 Å². The maximum atomic E-state index is 13.6. The van der Waals surface area contributed by atoms with Crippen LogP contribution in [0.5, 0.6) is 0 Å². The van der Waals surface area contributed by atoms with Crippen LogP contribution in [0.25, 0.3) is 0 Å². The lowest BCUT2D eigenvalue weighted by Crippen LogP contribution is -2.27. The average Bonchev–Trinajstić information content (AvgIpc) is 2.26. The van der Waals surface area contributed by atoms with E-state index in [1.165, 1.54) is 0 Å². The summed E-state index contributed by atoms with van der Waals surface area (Å²) in [7, 11) is 0. The fourth-order valence-electron chi connectivity index (χ4n) is 1.41. The molecule has 0 spiro atoms. The Kier molecular flexibility index (Phi) is 5.17. The molecule has 1 rings (SSSR count). The van der Waals surface area contributed by atoms with Gasteiger partial charge in [-0.05, 0) is 25.5 Å². The number of alkyl halides is 4.